The maximum Gasteiger partial charge on any atom is 0.227 e. The average Bonchev–Trinajstić information content (AvgIpc) is 2.55. The van der Waals surface area contributed by atoms with Crippen molar-refractivity contribution in [3.05, 3.63) is 35.9 Å². The summed E-state index contributed by atoms with van der Waals surface area (Å²) < 4.78 is 0. The predicted octanol–water partition coefficient (Wildman–Crippen LogP) is 3.06. The van der Waals surface area contributed by atoms with Gasteiger partial charge in [0.2, 0.25) is 5.91 Å². The van der Waals surface area contributed by atoms with Crippen molar-refractivity contribution in [1.29, 1.82) is 0 Å². The molecule has 1 aromatic rings. The third kappa shape index (κ3) is 4.31. The first-order chi connectivity index (χ1) is 10.3. The minimum absolute atomic E-state index is 0.0360. The Bertz CT molecular complexity index is 432. The molecule has 3 nitrogen and oxygen atoms in total. The lowest BCUT2D eigenvalue weighted by molar-refractivity contribution is -0.123. The Kier molecular flexibility index (Phi) is 6.24. The van der Waals surface area contributed by atoms with E-state index in [-0.39, 0.29) is 11.8 Å². The topological polar surface area (TPSA) is 55.1 Å². The van der Waals surface area contributed by atoms with Crippen LogP contribution in [0, 0.1) is 11.8 Å². The minimum Gasteiger partial charge on any atom is -0.355 e. The van der Waals surface area contributed by atoms with Gasteiger partial charge in [-0.2, -0.15) is 0 Å². The van der Waals surface area contributed by atoms with E-state index in [2.05, 4.69) is 12.2 Å². The second kappa shape index (κ2) is 8.18. The number of carbonyl (C=O) groups excluding carboxylic acids is 1. The number of benzene rings is 1. The highest BCUT2D eigenvalue weighted by Gasteiger charge is 2.25. The van der Waals surface area contributed by atoms with Gasteiger partial charge in [-0.1, -0.05) is 50.1 Å². The zero-order valence-electron chi connectivity index (χ0n) is 13.1. The normalized spacial score (nSPS) is 23.5. The third-order valence-corrected chi connectivity index (χ3v) is 4.83. The molecular weight excluding hydrogens is 260 g/mol. The smallest absolute Gasteiger partial charge is 0.227 e. The molecule has 1 aliphatic carbocycles. The Balaban J connectivity index is 1.90. The van der Waals surface area contributed by atoms with E-state index in [0.29, 0.717) is 11.8 Å². The lowest BCUT2D eigenvalue weighted by atomic mass is 9.79. The van der Waals surface area contributed by atoms with Gasteiger partial charge in [0.05, 0.1) is 5.92 Å². The van der Waals surface area contributed by atoms with E-state index in [1.165, 1.54) is 25.7 Å². The van der Waals surface area contributed by atoms with E-state index < -0.39 is 0 Å². The second-order valence-corrected chi connectivity index (χ2v) is 6.16. The number of nitrogens with two attached hydrogens (primary N) is 1. The first-order valence-electron chi connectivity index (χ1n) is 8.29. The van der Waals surface area contributed by atoms with Gasteiger partial charge in [-0.15, -0.1) is 0 Å². The Morgan fingerprint density at radius 1 is 1.24 bits per heavy atom. The Hall–Kier alpha value is -1.35. The van der Waals surface area contributed by atoms with Gasteiger partial charge < -0.3 is 11.1 Å². The monoisotopic (exact) mass is 288 g/mol. The fourth-order valence-electron chi connectivity index (χ4n) is 3.48. The number of hydrogen-bond donors (Lipinski definition) is 2. The molecule has 1 amide bonds. The predicted molar refractivity (Wildman–Crippen MR) is 87.0 cm³/mol. The molecule has 2 rings (SSSR count). The van der Waals surface area contributed by atoms with E-state index in [9.17, 15) is 4.79 Å². The van der Waals surface area contributed by atoms with Crippen LogP contribution in [0.3, 0.4) is 0 Å². The summed E-state index contributed by atoms with van der Waals surface area (Å²) in [5.41, 5.74) is 6.97. The van der Waals surface area contributed by atoms with E-state index in [0.717, 1.165) is 25.1 Å². The molecule has 3 atom stereocenters. The molecule has 0 saturated heterocycles. The molecule has 0 heterocycles. The molecule has 0 spiro atoms. The molecule has 3 heteroatoms. The van der Waals surface area contributed by atoms with Crippen LogP contribution < -0.4 is 11.1 Å². The van der Waals surface area contributed by atoms with Crippen LogP contribution in [-0.2, 0) is 4.79 Å². The number of amides is 1. The van der Waals surface area contributed by atoms with Crippen LogP contribution in [0.25, 0.3) is 0 Å². The van der Waals surface area contributed by atoms with Crippen molar-refractivity contribution in [2.24, 2.45) is 17.6 Å². The van der Waals surface area contributed by atoms with E-state index in [1.54, 1.807) is 0 Å². The second-order valence-electron chi connectivity index (χ2n) is 6.16. The van der Waals surface area contributed by atoms with Crippen molar-refractivity contribution in [3.63, 3.8) is 0 Å². The van der Waals surface area contributed by atoms with E-state index >= 15 is 0 Å². The number of hydrogen-bond acceptors (Lipinski definition) is 2. The number of carbonyl (C=O) groups is 1. The quantitative estimate of drug-likeness (QED) is 0.845. The van der Waals surface area contributed by atoms with Crippen molar-refractivity contribution in [2.45, 2.75) is 44.9 Å². The third-order valence-electron chi connectivity index (χ3n) is 4.83. The summed E-state index contributed by atoms with van der Waals surface area (Å²) in [6.07, 6.45) is 5.80. The fraction of sp³-hybridized carbons (Fsp3) is 0.611. The SMILES string of the molecule is CCC(C(=O)NCC1CCCCC1CN)c1ccccc1. The molecule has 0 aromatic heterocycles. The van der Waals surface area contributed by atoms with Crippen molar-refractivity contribution in [1.82, 2.24) is 5.32 Å². The first kappa shape index (κ1) is 16.0. The van der Waals surface area contributed by atoms with Crippen LogP contribution >= 0.6 is 0 Å². The van der Waals surface area contributed by atoms with E-state index in [4.69, 9.17) is 5.73 Å². The molecule has 116 valence electrons. The van der Waals surface area contributed by atoms with Crippen LogP contribution in [0.1, 0.15) is 50.5 Å². The van der Waals surface area contributed by atoms with Gasteiger partial charge in [0.1, 0.15) is 0 Å². The zero-order chi connectivity index (χ0) is 15.1. The summed E-state index contributed by atoms with van der Waals surface area (Å²) in [6, 6.07) is 10.1. The highest BCUT2D eigenvalue weighted by molar-refractivity contribution is 5.83. The summed E-state index contributed by atoms with van der Waals surface area (Å²) in [6.45, 7) is 3.60. The Morgan fingerprint density at radius 3 is 2.52 bits per heavy atom. The van der Waals surface area contributed by atoms with Crippen molar-refractivity contribution < 1.29 is 4.79 Å². The van der Waals surface area contributed by atoms with Gasteiger partial charge in [-0.3, -0.25) is 4.79 Å². The number of rotatable bonds is 6. The van der Waals surface area contributed by atoms with Crippen molar-refractivity contribution in [3.8, 4) is 0 Å². The zero-order valence-corrected chi connectivity index (χ0v) is 13.1. The summed E-state index contributed by atoms with van der Waals surface area (Å²) in [5.74, 6) is 1.26. The summed E-state index contributed by atoms with van der Waals surface area (Å²) >= 11 is 0. The average molecular weight is 288 g/mol. The molecule has 0 radical (unpaired) electrons. The molecule has 0 bridgehead atoms. The molecule has 1 fully saturated rings. The van der Waals surface area contributed by atoms with Gasteiger partial charge in [0.25, 0.3) is 0 Å². The van der Waals surface area contributed by atoms with E-state index in [1.807, 2.05) is 30.3 Å². The van der Waals surface area contributed by atoms with Crippen LogP contribution in [0.15, 0.2) is 30.3 Å². The Labute approximate surface area is 128 Å². The van der Waals surface area contributed by atoms with Gasteiger partial charge in [-0.05, 0) is 43.2 Å². The molecule has 1 aromatic carbocycles. The number of nitrogens with one attached hydrogen (secondary N) is 1. The minimum atomic E-state index is -0.0360. The van der Waals surface area contributed by atoms with Gasteiger partial charge in [0.15, 0.2) is 0 Å². The van der Waals surface area contributed by atoms with Crippen LogP contribution in [-0.4, -0.2) is 19.0 Å². The largest absolute Gasteiger partial charge is 0.355 e. The van der Waals surface area contributed by atoms with Crippen molar-refractivity contribution >= 4 is 5.91 Å². The van der Waals surface area contributed by atoms with Crippen LogP contribution in [0.2, 0.25) is 0 Å². The highest BCUT2D eigenvalue weighted by atomic mass is 16.1. The maximum atomic E-state index is 12.5. The van der Waals surface area contributed by atoms with Gasteiger partial charge >= 0.3 is 0 Å². The molecule has 1 saturated carbocycles. The first-order valence-corrected chi connectivity index (χ1v) is 8.29. The van der Waals surface area contributed by atoms with Crippen LogP contribution in [0.4, 0.5) is 0 Å². The molecular formula is C18H28N2O. The molecule has 0 aliphatic heterocycles. The molecule has 3 N–H and O–H groups in total. The summed E-state index contributed by atoms with van der Waals surface area (Å²) in [5, 5.41) is 3.17. The lowest BCUT2D eigenvalue weighted by Crippen LogP contribution is -2.38. The Morgan fingerprint density at radius 2 is 1.90 bits per heavy atom. The summed E-state index contributed by atoms with van der Waals surface area (Å²) in [7, 11) is 0. The molecule has 21 heavy (non-hydrogen) atoms. The molecule has 1 aliphatic rings. The summed E-state index contributed by atoms with van der Waals surface area (Å²) in [4.78, 5) is 12.5. The van der Waals surface area contributed by atoms with Gasteiger partial charge in [-0.25, -0.2) is 0 Å². The fourth-order valence-corrected chi connectivity index (χ4v) is 3.48. The van der Waals surface area contributed by atoms with Crippen LogP contribution in [0.5, 0.6) is 0 Å². The standard InChI is InChI=1S/C18H28N2O/c1-2-17(14-8-4-3-5-9-14)18(21)20-13-16-11-7-6-10-15(16)12-19/h3-5,8-9,15-17H,2,6-7,10-13,19H2,1H3,(H,20,21). The maximum absolute atomic E-state index is 12.5. The molecule has 3 unspecified atom stereocenters. The highest BCUT2D eigenvalue weighted by Crippen LogP contribution is 2.29. The lowest BCUT2D eigenvalue weighted by Gasteiger charge is -2.31. The van der Waals surface area contributed by atoms with Gasteiger partial charge in [0, 0.05) is 6.54 Å². The van der Waals surface area contributed by atoms with Crippen molar-refractivity contribution in [2.75, 3.05) is 13.1 Å².